The fraction of sp³-hybridized carbons (Fsp3) is 0.423. The summed E-state index contributed by atoms with van der Waals surface area (Å²) in [6.45, 7) is 19.7. The first-order valence-corrected chi connectivity index (χ1v) is 21.4. The highest BCUT2D eigenvalue weighted by molar-refractivity contribution is 7.00. The molecule has 4 aliphatic carbocycles. The standard InChI is InChI=1S/C52H58BN3/c1-49(2)23-31-11-13-39(15-33(31)25-49)55-44-19-37-29-51(5,6)27-35(37)17-42(44)53-43-18-36-28-52(7,8)30-38(36)20-45(43)56(47-22-41(54(9)10)21-46(55)48(47)53)40-14-12-32-24-50(3,4)26-34(32)16-40/h11-22H,23-30H2,1-10H3. The van der Waals surface area contributed by atoms with Crippen molar-refractivity contribution < 1.29 is 0 Å². The molecular weight excluding hydrogens is 677 g/mol. The van der Waals surface area contributed by atoms with E-state index in [1.165, 1.54) is 89.6 Å². The average Bonchev–Trinajstić information content (AvgIpc) is 3.79. The molecule has 11 rings (SSSR count). The maximum atomic E-state index is 2.68. The topological polar surface area (TPSA) is 9.72 Å². The molecule has 0 fully saturated rings. The molecule has 0 atom stereocenters. The lowest BCUT2D eigenvalue weighted by molar-refractivity contribution is 0.392. The van der Waals surface area contributed by atoms with Crippen molar-refractivity contribution in [1.29, 1.82) is 0 Å². The lowest BCUT2D eigenvalue weighted by Gasteiger charge is -2.45. The zero-order valence-electron chi connectivity index (χ0n) is 35.5. The Kier molecular flexibility index (Phi) is 6.92. The van der Waals surface area contributed by atoms with Crippen molar-refractivity contribution >= 4 is 62.9 Å². The molecule has 0 radical (unpaired) electrons. The first-order valence-electron chi connectivity index (χ1n) is 21.4. The van der Waals surface area contributed by atoms with Gasteiger partial charge in [-0.05, 0) is 182 Å². The molecule has 0 bridgehead atoms. The third-order valence-electron chi connectivity index (χ3n) is 14.5. The minimum absolute atomic E-state index is 0.151. The van der Waals surface area contributed by atoms with Crippen LogP contribution in [0.3, 0.4) is 0 Å². The molecule has 0 saturated heterocycles. The van der Waals surface area contributed by atoms with Crippen LogP contribution in [-0.2, 0) is 51.4 Å². The Balaban J connectivity index is 1.22. The largest absolute Gasteiger partial charge is 0.378 e. The van der Waals surface area contributed by atoms with Gasteiger partial charge in [0.15, 0.2) is 0 Å². The van der Waals surface area contributed by atoms with Crippen LogP contribution >= 0.6 is 0 Å². The highest BCUT2D eigenvalue weighted by Crippen LogP contribution is 2.51. The van der Waals surface area contributed by atoms with E-state index in [1.54, 1.807) is 11.1 Å². The van der Waals surface area contributed by atoms with E-state index in [2.05, 4.69) is 157 Å². The van der Waals surface area contributed by atoms with E-state index in [0.717, 1.165) is 51.4 Å². The summed E-state index contributed by atoms with van der Waals surface area (Å²) in [4.78, 5) is 7.68. The number of hydrogen-bond donors (Lipinski definition) is 0. The molecule has 2 aliphatic heterocycles. The van der Waals surface area contributed by atoms with E-state index in [-0.39, 0.29) is 17.5 Å². The highest BCUT2D eigenvalue weighted by Gasteiger charge is 2.46. The minimum Gasteiger partial charge on any atom is -0.378 e. The Labute approximate surface area is 336 Å². The molecular formula is C52H58BN3. The molecule has 6 aliphatic rings. The molecule has 0 aromatic heterocycles. The average molecular weight is 736 g/mol. The molecule has 0 saturated carbocycles. The molecule has 2 heterocycles. The van der Waals surface area contributed by atoms with Crippen molar-refractivity contribution in [3.63, 3.8) is 0 Å². The summed E-state index contributed by atoms with van der Waals surface area (Å²) >= 11 is 0. The van der Waals surface area contributed by atoms with Crippen molar-refractivity contribution in [3.8, 4) is 0 Å². The fourth-order valence-corrected chi connectivity index (χ4v) is 12.3. The van der Waals surface area contributed by atoms with Gasteiger partial charge in [-0.1, -0.05) is 79.7 Å². The second-order valence-electron chi connectivity index (χ2n) is 22.2. The molecule has 284 valence electrons. The van der Waals surface area contributed by atoms with Gasteiger partial charge in [0.1, 0.15) is 0 Å². The lowest BCUT2D eigenvalue weighted by Crippen LogP contribution is -2.61. The maximum absolute atomic E-state index is 2.68. The number of nitrogens with zero attached hydrogens (tertiary/aromatic N) is 3. The predicted octanol–water partition coefficient (Wildman–Crippen LogP) is 10.3. The highest BCUT2D eigenvalue weighted by atomic mass is 15.2. The van der Waals surface area contributed by atoms with Crippen LogP contribution in [0, 0.1) is 21.7 Å². The Morgan fingerprint density at radius 1 is 0.411 bits per heavy atom. The van der Waals surface area contributed by atoms with Crippen molar-refractivity contribution in [1.82, 2.24) is 0 Å². The molecule has 0 unspecified atom stereocenters. The molecule has 4 heteroatoms. The summed E-state index contributed by atoms with van der Waals surface area (Å²) in [5.74, 6) is 0. The van der Waals surface area contributed by atoms with Crippen LogP contribution in [0.5, 0.6) is 0 Å². The number of fused-ring (bicyclic) bond motifs is 8. The van der Waals surface area contributed by atoms with Gasteiger partial charge in [-0.25, -0.2) is 0 Å². The third-order valence-corrected chi connectivity index (χ3v) is 14.5. The van der Waals surface area contributed by atoms with Crippen LogP contribution in [0.25, 0.3) is 0 Å². The number of hydrogen-bond acceptors (Lipinski definition) is 3. The summed E-state index contributed by atoms with van der Waals surface area (Å²) < 4.78 is 0. The zero-order valence-corrected chi connectivity index (χ0v) is 35.5. The van der Waals surface area contributed by atoms with E-state index in [0.29, 0.717) is 10.8 Å². The van der Waals surface area contributed by atoms with Crippen molar-refractivity contribution in [3.05, 3.63) is 117 Å². The Hall–Kier alpha value is -4.44. The van der Waals surface area contributed by atoms with Crippen LogP contribution in [0.15, 0.2) is 72.8 Å². The summed E-state index contributed by atoms with van der Waals surface area (Å²) in [6, 6.07) is 30.4. The monoisotopic (exact) mass is 735 g/mol. The third kappa shape index (κ3) is 5.23. The summed E-state index contributed by atoms with van der Waals surface area (Å²) in [5.41, 5.74) is 27.0. The molecule has 56 heavy (non-hydrogen) atoms. The van der Waals surface area contributed by atoms with Gasteiger partial charge in [-0.3, -0.25) is 0 Å². The van der Waals surface area contributed by atoms with E-state index in [4.69, 9.17) is 0 Å². The van der Waals surface area contributed by atoms with Crippen molar-refractivity contribution in [2.24, 2.45) is 21.7 Å². The number of rotatable bonds is 3. The lowest BCUT2D eigenvalue weighted by atomic mass is 9.33. The quantitative estimate of drug-likeness (QED) is 0.167. The van der Waals surface area contributed by atoms with Crippen LogP contribution in [0.2, 0.25) is 0 Å². The summed E-state index contributed by atoms with van der Waals surface area (Å²) in [7, 11) is 4.43. The molecule has 0 amide bonds. The minimum atomic E-state index is 0.151. The fourth-order valence-electron chi connectivity index (χ4n) is 12.3. The second kappa shape index (κ2) is 11.1. The summed E-state index contributed by atoms with van der Waals surface area (Å²) in [6.07, 6.45) is 9.10. The smallest absolute Gasteiger partial charge is 0.252 e. The molecule has 5 aromatic rings. The van der Waals surface area contributed by atoms with Gasteiger partial charge in [0.05, 0.1) is 0 Å². The first-order chi connectivity index (χ1) is 26.4. The van der Waals surface area contributed by atoms with Crippen LogP contribution in [0.4, 0.5) is 39.8 Å². The van der Waals surface area contributed by atoms with Crippen molar-refractivity contribution in [2.45, 2.75) is 107 Å². The van der Waals surface area contributed by atoms with Gasteiger partial charge in [0.2, 0.25) is 0 Å². The molecule has 5 aromatic carbocycles. The van der Waals surface area contributed by atoms with Crippen LogP contribution < -0.4 is 31.1 Å². The normalized spacial score (nSPS) is 20.6. The van der Waals surface area contributed by atoms with Gasteiger partial charge in [0, 0.05) is 53.9 Å². The first kappa shape index (κ1) is 34.8. The Morgan fingerprint density at radius 3 is 1.12 bits per heavy atom. The summed E-state index contributed by atoms with van der Waals surface area (Å²) in [5, 5.41) is 0. The maximum Gasteiger partial charge on any atom is 0.252 e. The van der Waals surface area contributed by atoms with Gasteiger partial charge in [-0.15, -0.1) is 0 Å². The van der Waals surface area contributed by atoms with E-state index >= 15 is 0 Å². The van der Waals surface area contributed by atoms with Gasteiger partial charge in [0.25, 0.3) is 6.71 Å². The predicted molar refractivity (Wildman–Crippen MR) is 240 cm³/mol. The van der Waals surface area contributed by atoms with Gasteiger partial charge >= 0.3 is 0 Å². The molecule has 0 spiro atoms. The van der Waals surface area contributed by atoms with E-state index in [1.807, 2.05) is 0 Å². The number of benzene rings is 5. The van der Waals surface area contributed by atoms with Gasteiger partial charge in [-0.2, -0.15) is 0 Å². The van der Waals surface area contributed by atoms with E-state index < -0.39 is 0 Å². The van der Waals surface area contributed by atoms with Crippen LogP contribution in [0.1, 0.15) is 99.9 Å². The van der Waals surface area contributed by atoms with Gasteiger partial charge < -0.3 is 14.7 Å². The van der Waals surface area contributed by atoms with E-state index in [9.17, 15) is 0 Å². The number of anilines is 7. The molecule has 0 N–H and O–H groups in total. The van der Waals surface area contributed by atoms with Crippen molar-refractivity contribution in [2.75, 3.05) is 28.8 Å². The molecule has 3 nitrogen and oxygen atoms in total. The zero-order chi connectivity index (χ0) is 38.8. The second-order valence-corrected chi connectivity index (χ2v) is 22.2. The Bertz CT molecular complexity index is 2380. The van der Waals surface area contributed by atoms with Crippen LogP contribution in [-0.4, -0.2) is 20.8 Å². The SMILES string of the molecule is CN(C)c1cc2c3c(c1)N(c1ccc4c(c1)CC(C)(C)C4)c1cc4c(cc1B3c1cc3c(cc1N2c1ccc2c(c1)CC(C)(C)C2)CC(C)(C)C3)CC(C)(C)C4. The Morgan fingerprint density at radius 2 is 0.750 bits per heavy atom.